The van der Waals surface area contributed by atoms with Crippen molar-refractivity contribution in [2.24, 2.45) is 5.92 Å². The van der Waals surface area contributed by atoms with E-state index in [1.54, 1.807) is 6.92 Å². The summed E-state index contributed by atoms with van der Waals surface area (Å²) < 4.78 is 27.0. The van der Waals surface area contributed by atoms with Gasteiger partial charge in [-0.05, 0) is 45.1 Å². The topological polar surface area (TPSA) is 107 Å². The summed E-state index contributed by atoms with van der Waals surface area (Å²) in [6, 6.07) is -0.0954. The van der Waals surface area contributed by atoms with E-state index in [0.717, 1.165) is 32.2 Å². The van der Waals surface area contributed by atoms with Crippen molar-refractivity contribution in [3.05, 3.63) is 11.9 Å². The fraction of sp³-hybridized carbons (Fsp3) is 0.733. The summed E-state index contributed by atoms with van der Waals surface area (Å²) in [7, 11) is -3.52. The molecule has 9 heteroatoms. The molecular weight excluding hydrogens is 330 g/mol. The molecule has 0 aliphatic carbocycles. The fourth-order valence-electron chi connectivity index (χ4n) is 3.43. The van der Waals surface area contributed by atoms with Crippen LogP contribution in [0.4, 0.5) is 0 Å². The summed E-state index contributed by atoms with van der Waals surface area (Å²) in [4.78, 5) is 12.3. The molecule has 3 heterocycles. The second-order valence-electron chi connectivity index (χ2n) is 6.62. The van der Waals surface area contributed by atoms with Crippen molar-refractivity contribution in [3.63, 3.8) is 0 Å². The van der Waals surface area contributed by atoms with Gasteiger partial charge in [-0.2, -0.15) is 9.40 Å². The highest BCUT2D eigenvalue weighted by molar-refractivity contribution is 7.89. The number of aromatic nitrogens is 2. The van der Waals surface area contributed by atoms with Gasteiger partial charge in [0.05, 0.1) is 17.9 Å². The van der Waals surface area contributed by atoms with Gasteiger partial charge in [-0.25, -0.2) is 8.42 Å². The van der Waals surface area contributed by atoms with E-state index < -0.39 is 10.0 Å². The number of aryl methyl sites for hydroxylation is 1. The van der Waals surface area contributed by atoms with E-state index in [9.17, 15) is 13.2 Å². The van der Waals surface area contributed by atoms with Crippen LogP contribution in [0.2, 0.25) is 0 Å². The highest BCUT2D eigenvalue weighted by atomic mass is 32.2. The third-order valence-corrected chi connectivity index (χ3v) is 6.80. The zero-order chi connectivity index (χ0) is 17.2. The van der Waals surface area contributed by atoms with Gasteiger partial charge in [0.15, 0.2) is 0 Å². The van der Waals surface area contributed by atoms with E-state index in [2.05, 4.69) is 20.8 Å². The molecule has 24 heavy (non-hydrogen) atoms. The van der Waals surface area contributed by atoms with Gasteiger partial charge in [0.1, 0.15) is 4.90 Å². The molecule has 0 bridgehead atoms. The number of aromatic amines is 1. The quantitative estimate of drug-likeness (QED) is 0.688. The summed E-state index contributed by atoms with van der Waals surface area (Å²) in [5.74, 6) is 0.171. The molecule has 0 spiro atoms. The second-order valence-corrected chi connectivity index (χ2v) is 8.53. The van der Waals surface area contributed by atoms with E-state index in [-0.39, 0.29) is 22.8 Å². The van der Waals surface area contributed by atoms with E-state index >= 15 is 0 Å². The van der Waals surface area contributed by atoms with Crippen LogP contribution < -0.4 is 10.6 Å². The average Bonchev–Trinajstić information content (AvgIpc) is 3.24. The van der Waals surface area contributed by atoms with E-state index in [4.69, 9.17) is 0 Å². The lowest BCUT2D eigenvalue weighted by molar-refractivity contribution is -0.123. The maximum atomic E-state index is 12.7. The largest absolute Gasteiger partial charge is 0.354 e. The monoisotopic (exact) mass is 355 g/mol. The first-order valence-electron chi connectivity index (χ1n) is 8.49. The zero-order valence-corrected chi connectivity index (χ0v) is 14.7. The molecule has 3 rings (SSSR count). The smallest absolute Gasteiger partial charge is 0.246 e. The van der Waals surface area contributed by atoms with Gasteiger partial charge in [0.2, 0.25) is 15.9 Å². The number of carbonyl (C=O) groups excluding carboxylic acids is 1. The highest BCUT2D eigenvalue weighted by Crippen LogP contribution is 2.24. The lowest BCUT2D eigenvalue weighted by Crippen LogP contribution is -2.46. The zero-order valence-electron chi connectivity index (χ0n) is 13.9. The summed E-state index contributed by atoms with van der Waals surface area (Å²) >= 11 is 0. The van der Waals surface area contributed by atoms with Crippen LogP contribution in [0.3, 0.4) is 0 Å². The molecule has 1 aromatic rings. The van der Waals surface area contributed by atoms with Crippen LogP contribution in [-0.4, -0.2) is 61.0 Å². The van der Waals surface area contributed by atoms with Crippen LogP contribution in [0.5, 0.6) is 0 Å². The number of rotatable bonds is 5. The second kappa shape index (κ2) is 7.20. The Morgan fingerprint density at radius 2 is 2.25 bits per heavy atom. The molecule has 0 aromatic carbocycles. The molecule has 8 nitrogen and oxygen atoms in total. The first kappa shape index (κ1) is 17.4. The Balaban J connectivity index is 1.58. The van der Waals surface area contributed by atoms with Gasteiger partial charge < -0.3 is 10.6 Å². The Bertz CT molecular complexity index is 681. The maximum absolute atomic E-state index is 12.7. The van der Waals surface area contributed by atoms with Gasteiger partial charge in [0, 0.05) is 19.6 Å². The number of nitrogens with one attached hydrogen (secondary N) is 3. The standard InChI is InChI=1S/C15H25N5O3S/c1-11-14(9-18-19-11)24(22,23)20-7-3-4-12(10-20)8-17-15(21)13-5-2-6-16-13/h9,12-13,16H,2-8,10H2,1H3,(H,17,21)(H,18,19). The van der Waals surface area contributed by atoms with Gasteiger partial charge >= 0.3 is 0 Å². The number of nitrogens with zero attached hydrogens (tertiary/aromatic N) is 2. The molecule has 0 radical (unpaired) electrons. The molecule has 2 fully saturated rings. The molecule has 2 aliphatic rings. The highest BCUT2D eigenvalue weighted by Gasteiger charge is 2.32. The summed E-state index contributed by atoms with van der Waals surface area (Å²) in [6.45, 7) is 4.06. The number of hydrogen-bond donors (Lipinski definition) is 3. The van der Waals surface area contributed by atoms with E-state index in [1.165, 1.54) is 10.5 Å². The van der Waals surface area contributed by atoms with Crippen LogP contribution in [0.1, 0.15) is 31.4 Å². The predicted molar refractivity (Wildman–Crippen MR) is 88.8 cm³/mol. The first-order valence-corrected chi connectivity index (χ1v) is 9.93. The molecule has 1 amide bonds. The van der Waals surface area contributed by atoms with Crippen LogP contribution in [-0.2, 0) is 14.8 Å². The maximum Gasteiger partial charge on any atom is 0.246 e. The summed E-state index contributed by atoms with van der Waals surface area (Å²) in [5, 5.41) is 12.6. The van der Waals surface area contributed by atoms with Gasteiger partial charge in [-0.3, -0.25) is 9.89 Å². The minimum Gasteiger partial charge on any atom is -0.354 e. The van der Waals surface area contributed by atoms with E-state index in [1.807, 2.05) is 0 Å². The molecule has 2 unspecified atom stereocenters. The Hall–Kier alpha value is -1.45. The van der Waals surface area contributed by atoms with Crippen molar-refractivity contribution in [1.29, 1.82) is 0 Å². The Morgan fingerprint density at radius 1 is 1.42 bits per heavy atom. The van der Waals surface area contributed by atoms with Crippen LogP contribution in [0, 0.1) is 12.8 Å². The van der Waals surface area contributed by atoms with Crippen molar-refractivity contribution in [2.45, 2.75) is 43.5 Å². The molecule has 3 N–H and O–H groups in total. The normalized spacial score (nSPS) is 25.7. The molecule has 2 atom stereocenters. The lowest BCUT2D eigenvalue weighted by Gasteiger charge is -2.32. The van der Waals surface area contributed by atoms with Crippen molar-refractivity contribution in [3.8, 4) is 0 Å². The minimum atomic E-state index is -3.52. The molecule has 0 saturated carbocycles. The Morgan fingerprint density at radius 3 is 2.92 bits per heavy atom. The summed E-state index contributed by atoms with van der Waals surface area (Å²) in [5.41, 5.74) is 0.553. The lowest BCUT2D eigenvalue weighted by atomic mass is 9.99. The minimum absolute atomic E-state index is 0.0261. The predicted octanol–water partition coefficient (Wildman–Crippen LogP) is -0.0130. The molecule has 1 aromatic heterocycles. The van der Waals surface area contributed by atoms with Gasteiger partial charge in [-0.15, -0.1) is 0 Å². The van der Waals surface area contributed by atoms with Crippen LogP contribution in [0.15, 0.2) is 11.1 Å². The van der Waals surface area contributed by atoms with Crippen molar-refractivity contribution >= 4 is 15.9 Å². The Labute approximate surface area is 142 Å². The number of carbonyl (C=O) groups is 1. The Kier molecular flexibility index (Phi) is 5.21. The third-order valence-electron chi connectivity index (χ3n) is 4.82. The van der Waals surface area contributed by atoms with Crippen LogP contribution in [0.25, 0.3) is 0 Å². The molecule has 134 valence electrons. The van der Waals surface area contributed by atoms with E-state index in [0.29, 0.717) is 25.3 Å². The molecular formula is C15H25N5O3S. The van der Waals surface area contributed by atoms with Crippen molar-refractivity contribution in [1.82, 2.24) is 25.1 Å². The van der Waals surface area contributed by atoms with Crippen molar-refractivity contribution < 1.29 is 13.2 Å². The van der Waals surface area contributed by atoms with Gasteiger partial charge in [0.25, 0.3) is 0 Å². The third kappa shape index (κ3) is 3.62. The average molecular weight is 355 g/mol. The number of amides is 1. The molecule has 2 saturated heterocycles. The number of hydrogen-bond acceptors (Lipinski definition) is 5. The molecule has 2 aliphatic heterocycles. The summed E-state index contributed by atoms with van der Waals surface area (Å²) in [6.07, 6.45) is 4.99. The van der Waals surface area contributed by atoms with Crippen molar-refractivity contribution in [2.75, 3.05) is 26.2 Å². The number of sulfonamides is 1. The number of piperidine rings is 1. The first-order chi connectivity index (χ1) is 11.5. The van der Waals surface area contributed by atoms with Crippen LogP contribution >= 0.6 is 0 Å². The SMILES string of the molecule is Cc1[nH]ncc1S(=O)(=O)N1CCCC(CNC(=O)C2CCCN2)C1. The number of H-pyrrole nitrogens is 1. The van der Waals surface area contributed by atoms with Gasteiger partial charge in [-0.1, -0.05) is 0 Å². The fourth-order valence-corrected chi connectivity index (χ4v) is 5.10.